The summed E-state index contributed by atoms with van der Waals surface area (Å²) in [5.74, 6) is 0.663. The van der Waals surface area contributed by atoms with Gasteiger partial charge in [-0.2, -0.15) is 0 Å². The number of hydrogen-bond donors (Lipinski definition) is 2. The van der Waals surface area contributed by atoms with Gasteiger partial charge in [-0.1, -0.05) is 25.7 Å². The van der Waals surface area contributed by atoms with Gasteiger partial charge in [0.15, 0.2) is 0 Å². The van der Waals surface area contributed by atoms with Crippen LogP contribution in [-0.4, -0.2) is 15.0 Å². The third-order valence-electron chi connectivity index (χ3n) is 3.61. The number of rotatable bonds is 5. The van der Waals surface area contributed by atoms with Crippen LogP contribution in [0, 0.1) is 5.92 Å². The van der Waals surface area contributed by atoms with E-state index in [4.69, 9.17) is 5.73 Å². The summed E-state index contributed by atoms with van der Waals surface area (Å²) in [6.07, 6.45) is 5.89. The number of nitrogen functional groups attached to an aromatic ring is 1. The van der Waals surface area contributed by atoms with E-state index < -0.39 is 10.0 Å². The molecular weight excluding hydrogens is 408 g/mol. The van der Waals surface area contributed by atoms with Gasteiger partial charge in [0.1, 0.15) is 4.90 Å². The smallest absolute Gasteiger partial charge is 0.242 e. The Bertz CT molecular complexity index is 561. The zero-order valence-corrected chi connectivity index (χ0v) is 15.0. The fourth-order valence-corrected chi connectivity index (χ4v) is 6.27. The molecule has 0 radical (unpaired) electrons. The van der Waals surface area contributed by atoms with Crippen molar-refractivity contribution in [2.24, 2.45) is 5.92 Å². The highest BCUT2D eigenvalue weighted by Crippen LogP contribution is 2.32. The van der Waals surface area contributed by atoms with Crippen LogP contribution in [0.5, 0.6) is 0 Å². The first-order valence-corrected chi connectivity index (χ1v) is 9.71. The average Bonchev–Trinajstić information content (AvgIpc) is 2.79. The van der Waals surface area contributed by atoms with Gasteiger partial charge in [-0.25, -0.2) is 13.1 Å². The standard InChI is InChI=1S/C13H18Br2N2O2S/c14-11-7-10(16)8-12(15)13(11)20(18,19)17-6-5-9-3-1-2-4-9/h7-9,17H,1-6,16H2. The highest BCUT2D eigenvalue weighted by atomic mass is 79.9. The van der Waals surface area contributed by atoms with Crippen molar-refractivity contribution in [3.8, 4) is 0 Å². The Morgan fingerprint density at radius 3 is 2.30 bits per heavy atom. The van der Waals surface area contributed by atoms with Crippen molar-refractivity contribution < 1.29 is 8.42 Å². The van der Waals surface area contributed by atoms with Gasteiger partial charge in [-0.15, -0.1) is 0 Å². The molecule has 20 heavy (non-hydrogen) atoms. The van der Waals surface area contributed by atoms with E-state index in [1.54, 1.807) is 12.1 Å². The Morgan fingerprint density at radius 2 is 1.75 bits per heavy atom. The normalized spacial score (nSPS) is 16.7. The van der Waals surface area contributed by atoms with Gasteiger partial charge in [0.05, 0.1) is 0 Å². The first-order chi connectivity index (χ1) is 9.40. The molecule has 0 unspecified atom stereocenters. The monoisotopic (exact) mass is 424 g/mol. The van der Waals surface area contributed by atoms with E-state index in [1.807, 2.05) is 0 Å². The second kappa shape index (κ2) is 6.77. The minimum atomic E-state index is -3.53. The topological polar surface area (TPSA) is 72.2 Å². The number of nitrogens with two attached hydrogens (primary N) is 1. The number of nitrogens with one attached hydrogen (secondary N) is 1. The van der Waals surface area contributed by atoms with Crippen molar-refractivity contribution in [1.29, 1.82) is 0 Å². The summed E-state index contributed by atoms with van der Waals surface area (Å²) in [4.78, 5) is 0.207. The summed E-state index contributed by atoms with van der Waals surface area (Å²) in [5.41, 5.74) is 6.19. The van der Waals surface area contributed by atoms with Crippen LogP contribution in [-0.2, 0) is 10.0 Å². The van der Waals surface area contributed by atoms with Gasteiger partial charge in [-0.05, 0) is 56.3 Å². The molecule has 3 N–H and O–H groups in total. The quantitative estimate of drug-likeness (QED) is 0.707. The van der Waals surface area contributed by atoms with Crippen LogP contribution in [0.2, 0.25) is 0 Å². The SMILES string of the molecule is Nc1cc(Br)c(S(=O)(=O)NCCC2CCCC2)c(Br)c1. The first-order valence-electron chi connectivity index (χ1n) is 6.64. The van der Waals surface area contributed by atoms with Crippen LogP contribution in [0.1, 0.15) is 32.1 Å². The molecule has 112 valence electrons. The number of halogens is 2. The van der Waals surface area contributed by atoms with Gasteiger partial charge in [0, 0.05) is 21.2 Å². The lowest BCUT2D eigenvalue weighted by Crippen LogP contribution is -2.26. The molecule has 4 nitrogen and oxygen atoms in total. The molecule has 1 saturated carbocycles. The molecule has 0 saturated heterocycles. The molecule has 0 heterocycles. The maximum absolute atomic E-state index is 12.3. The summed E-state index contributed by atoms with van der Waals surface area (Å²) in [5, 5.41) is 0. The largest absolute Gasteiger partial charge is 0.399 e. The molecule has 0 spiro atoms. The molecule has 0 atom stereocenters. The van der Waals surface area contributed by atoms with E-state index in [-0.39, 0.29) is 4.90 Å². The van der Waals surface area contributed by atoms with Gasteiger partial charge >= 0.3 is 0 Å². The average molecular weight is 426 g/mol. The van der Waals surface area contributed by atoms with E-state index in [0.29, 0.717) is 27.1 Å². The second-order valence-electron chi connectivity index (χ2n) is 5.15. The first kappa shape index (κ1) is 16.3. The minimum Gasteiger partial charge on any atom is -0.399 e. The Balaban J connectivity index is 2.06. The lowest BCUT2D eigenvalue weighted by molar-refractivity contribution is 0.495. The molecule has 0 bridgehead atoms. The molecule has 0 aliphatic heterocycles. The van der Waals surface area contributed by atoms with Crippen molar-refractivity contribution >= 4 is 47.6 Å². The van der Waals surface area contributed by atoms with Crippen molar-refractivity contribution in [3.63, 3.8) is 0 Å². The van der Waals surface area contributed by atoms with Gasteiger partial charge in [0.2, 0.25) is 10.0 Å². The molecule has 0 amide bonds. The van der Waals surface area contributed by atoms with Crippen LogP contribution < -0.4 is 10.5 Å². The molecule has 1 aliphatic carbocycles. The third-order valence-corrected chi connectivity index (χ3v) is 6.95. The van der Waals surface area contributed by atoms with Crippen molar-refractivity contribution in [1.82, 2.24) is 4.72 Å². The predicted molar refractivity (Wildman–Crippen MR) is 88.0 cm³/mol. The summed E-state index contributed by atoms with van der Waals surface area (Å²) in [6.45, 7) is 0.482. The predicted octanol–water partition coefficient (Wildman–Crippen LogP) is 3.65. The Hall–Kier alpha value is -0.110. The summed E-state index contributed by atoms with van der Waals surface area (Å²) >= 11 is 6.53. The van der Waals surface area contributed by atoms with Crippen LogP contribution in [0.15, 0.2) is 26.0 Å². The van der Waals surface area contributed by atoms with Crippen molar-refractivity contribution in [3.05, 3.63) is 21.1 Å². The molecule has 0 aromatic heterocycles. The number of hydrogen-bond acceptors (Lipinski definition) is 3. The van der Waals surface area contributed by atoms with Crippen molar-refractivity contribution in [2.45, 2.75) is 37.0 Å². The van der Waals surface area contributed by atoms with E-state index in [0.717, 1.165) is 6.42 Å². The zero-order chi connectivity index (χ0) is 14.8. The molecule has 1 aromatic carbocycles. The number of sulfonamides is 1. The fraction of sp³-hybridized carbons (Fsp3) is 0.538. The highest BCUT2D eigenvalue weighted by Gasteiger charge is 2.22. The molecule has 1 fully saturated rings. The minimum absolute atomic E-state index is 0.207. The lowest BCUT2D eigenvalue weighted by Gasteiger charge is -2.13. The Morgan fingerprint density at radius 1 is 1.20 bits per heavy atom. The summed E-state index contributed by atoms with van der Waals surface area (Å²) < 4.78 is 28.3. The maximum Gasteiger partial charge on any atom is 0.242 e. The van der Waals surface area contributed by atoms with Gasteiger partial charge < -0.3 is 5.73 Å². The van der Waals surface area contributed by atoms with Crippen LogP contribution >= 0.6 is 31.9 Å². The second-order valence-corrected chi connectivity index (χ2v) is 8.56. The van der Waals surface area contributed by atoms with Crippen LogP contribution in [0.25, 0.3) is 0 Å². The van der Waals surface area contributed by atoms with Crippen LogP contribution in [0.3, 0.4) is 0 Å². The highest BCUT2D eigenvalue weighted by molar-refractivity contribution is 9.11. The number of anilines is 1. The molecule has 2 rings (SSSR count). The van der Waals surface area contributed by atoms with Crippen molar-refractivity contribution in [2.75, 3.05) is 12.3 Å². The summed E-state index contributed by atoms with van der Waals surface area (Å²) in [7, 11) is -3.53. The molecular formula is C13H18Br2N2O2S. The maximum atomic E-state index is 12.3. The molecule has 7 heteroatoms. The Kier molecular flexibility index (Phi) is 5.50. The molecule has 1 aromatic rings. The van der Waals surface area contributed by atoms with E-state index >= 15 is 0 Å². The lowest BCUT2D eigenvalue weighted by atomic mass is 10.1. The van der Waals surface area contributed by atoms with Gasteiger partial charge in [-0.3, -0.25) is 0 Å². The Labute approximate surface area is 136 Å². The van der Waals surface area contributed by atoms with E-state index in [1.165, 1.54) is 25.7 Å². The number of benzene rings is 1. The zero-order valence-electron chi connectivity index (χ0n) is 11.0. The van der Waals surface area contributed by atoms with Gasteiger partial charge in [0.25, 0.3) is 0 Å². The van der Waals surface area contributed by atoms with E-state index in [9.17, 15) is 8.42 Å². The van der Waals surface area contributed by atoms with E-state index in [2.05, 4.69) is 36.6 Å². The third kappa shape index (κ3) is 3.96. The summed E-state index contributed by atoms with van der Waals surface area (Å²) in [6, 6.07) is 3.19. The van der Waals surface area contributed by atoms with Crippen LogP contribution in [0.4, 0.5) is 5.69 Å². The fourth-order valence-electron chi connectivity index (χ4n) is 2.60. The molecule has 1 aliphatic rings.